The molecule has 5 heteroatoms. The fourth-order valence-corrected chi connectivity index (χ4v) is 1.53. The maximum atomic E-state index is 12.7. The Kier molecular flexibility index (Phi) is 4.06. The zero-order chi connectivity index (χ0) is 12.8. The zero-order valence-corrected chi connectivity index (χ0v) is 10.1. The van der Waals surface area contributed by atoms with E-state index in [0.29, 0.717) is 18.2 Å². The third-order valence-electron chi connectivity index (χ3n) is 2.48. The van der Waals surface area contributed by atoms with Gasteiger partial charge in [-0.15, -0.1) is 0 Å². The largest absolute Gasteiger partial charge is 0.481 e. The lowest BCUT2D eigenvalue weighted by Crippen LogP contribution is -2.06. The molecule has 0 radical (unpaired) electrons. The van der Waals surface area contributed by atoms with Gasteiger partial charge in [-0.2, -0.15) is 0 Å². The Morgan fingerprint density at radius 1 is 1.22 bits per heavy atom. The molecule has 1 aromatic heterocycles. The predicted octanol–water partition coefficient (Wildman–Crippen LogP) is 2.28. The van der Waals surface area contributed by atoms with Gasteiger partial charge >= 0.3 is 0 Å². The van der Waals surface area contributed by atoms with Gasteiger partial charge in [0.15, 0.2) is 0 Å². The molecule has 1 heterocycles. The van der Waals surface area contributed by atoms with Crippen LogP contribution in [0.3, 0.4) is 0 Å². The smallest absolute Gasteiger partial charge is 0.218 e. The van der Waals surface area contributed by atoms with Crippen molar-refractivity contribution in [3.63, 3.8) is 0 Å². The summed E-state index contributed by atoms with van der Waals surface area (Å²) in [6.07, 6.45) is 2.24. The summed E-state index contributed by atoms with van der Waals surface area (Å²) in [4.78, 5) is 7.99. The van der Waals surface area contributed by atoms with Crippen LogP contribution in [0.25, 0.3) is 0 Å². The second kappa shape index (κ2) is 5.95. The molecule has 0 bridgehead atoms. The molecule has 0 saturated heterocycles. The Balaban J connectivity index is 1.86. The lowest BCUT2D eigenvalue weighted by Gasteiger charge is -2.06. The Morgan fingerprint density at radius 3 is 2.72 bits per heavy atom. The van der Waals surface area contributed by atoms with Crippen molar-refractivity contribution < 1.29 is 9.13 Å². The number of hydrogen-bond donors (Lipinski definition) is 1. The van der Waals surface area contributed by atoms with Crippen molar-refractivity contribution in [1.29, 1.82) is 0 Å². The summed E-state index contributed by atoms with van der Waals surface area (Å²) < 4.78 is 17.7. The van der Waals surface area contributed by atoms with Crippen molar-refractivity contribution in [1.82, 2.24) is 9.97 Å². The van der Waals surface area contributed by atoms with E-state index in [2.05, 4.69) is 15.3 Å². The highest BCUT2D eigenvalue weighted by Gasteiger charge is 1.98. The molecule has 94 valence electrons. The minimum atomic E-state index is -0.216. The minimum absolute atomic E-state index is 0.216. The summed E-state index contributed by atoms with van der Waals surface area (Å²) in [5.41, 5.74) is 1.07. The molecule has 1 aromatic carbocycles. The lowest BCUT2D eigenvalue weighted by atomic mass is 10.1. The minimum Gasteiger partial charge on any atom is -0.481 e. The molecule has 0 unspecified atom stereocenters. The number of halogens is 1. The van der Waals surface area contributed by atoms with Crippen LogP contribution < -0.4 is 10.1 Å². The highest BCUT2D eigenvalue weighted by Crippen LogP contribution is 2.10. The van der Waals surface area contributed by atoms with Gasteiger partial charge < -0.3 is 10.1 Å². The first-order chi connectivity index (χ1) is 8.78. The van der Waals surface area contributed by atoms with Crippen LogP contribution in [0.1, 0.15) is 5.56 Å². The molecule has 2 rings (SSSR count). The quantitative estimate of drug-likeness (QED) is 0.880. The maximum Gasteiger partial charge on any atom is 0.218 e. The third kappa shape index (κ3) is 3.41. The molecule has 0 spiro atoms. The predicted molar refractivity (Wildman–Crippen MR) is 67.2 cm³/mol. The van der Waals surface area contributed by atoms with Crippen LogP contribution in [0, 0.1) is 5.82 Å². The first kappa shape index (κ1) is 12.3. The number of benzene rings is 1. The third-order valence-corrected chi connectivity index (χ3v) is 2.48. The molecule has 0 amide bonds. The van der Waals surface area contributed by atoms with Gasteiger partial charge in [0.05, 0.1) is 7.11 Å². The zero-order valence-electron chi connectivity index (χ0n) is 10.1. The number of methoxy groups -OCH3 is 1. The monoisotopic (exact) mass is 247 g/mol. The van der Waals surface area contributed by atoms with Crippen LogP contribution in [-0.2, 0) is 6.42 Å². The number of nitrogens with zero attached hydrogens (tertiary/aromatic N) is 2. The van der Waals surface area contributed by atoms with Crippen LogP contribution in [0.5, 0.6) is 5.88 Å². The Morgan fingerprint density at radius 2 is 2.00 bits per heavy atom. The molecule has 18 heavy (non-hydrogen) atoms. The molecule has 4 nitrogen and oxygen atoms in total. The Hall–Kier alpha value is -2.17. The maximum absolute atomic E-state index is 12.7. The van der Waals surface area contributed by atoms with E-state index in [-0.39, 0.29) is 5.82 Å². The van der Waals surface area contributed by atoms with Gasteiger partial charge in [0.2, 0.25) is 5.88 Å². The van der Waals surface area contributed by atoms with Gasteiger partial charge in [-0.1, -0.05) is 12.1 Å². The van der Waals surface area contributed by atoms with Crippen LogP contribution in [0.4, 0.5) is 10.2 Å². The number of aromatic nitrogens is 2. The van der Waals surface area contributed by atoms with E-state index < -0.39 is 0 Å². The fourth-order valence-electron chi connectivity index (χ4n) is 1.53. The Bertz CT molecular complexity index is 502. The average Bonchev–Trinajstić information content (AvgIpc) is 2.41. The van der Waals surface area contributed by atoms with Crippen molar-refractivity contribution >= 4 is 5.82 Å². The molecular formula is C13H14FN3O. The number of ether oxygens (including phenoxy) is 1. The second-order valence-corrected chi connectivity index (χ2v) is 3.75. The molecule has 0 aliphatic heterocycles. The summed E-state index contributed by atoms with van der Waals surface area (Å²) >= 11 is 0. The molecule has 0 saturated carbocycles. The van der Waals surface area contributed by atoms with Gasteiger partial charge in [0, 0.05) is 12.6 Å². The summed E-state index contributed by atoms with van der Waals surface area (Å²) in [6, 6.07) is 8.20. The molecule has 0 atom stereocenters. The summed E-state index contributed by atoms with van der Waals surface area (Å²) in [5, 5.41) is 3.16. The van der Waals surface area contributed by atoms with E-state index in [1.54, 1.807) is 25.3 Å². The van der Waals surface area contributed by atoms with E-state index in [1.807, 2.05) is 0 Å². The molecule has 1 N–H and O–H groups in total. The standard InChI is InChI=1S/C13H14FN3O/c1-18-13-8-12(16-9-17-13)15-7-6-10-2-4-11(14)5-3-10/h2-5,8-9H,6-7H2,1H3,(H,15,16,17). The van der Waals surface area contributed by atoms with Gasteiger partial charge in [-0.3, -0.25) is 0 Å². The number of anilines is 1. The molecular weight excluding hydrogens is 233 g/mol. The van der Waals surface area contributed by atoms with E-state index in [0.717, 1.165) is 12.0 Å². The molecule has 0 aliphatic rings. The number of hydrogen-bond acceptors (Lipinski definition) is 4. The van der Waals surface area contributed by atoms with Crippen molar-refractivity contribution in [3.05, 3.63) is 48.0 Å². The lowest BCUT2D eigenvalue weighted by molar-refractivity contribution is 0.397. The van der Waals surface area contributed by atoms with Crippen molar-refractivity contribution in [2.24, 2.45) is 0 Å². The number of rotatable bonds is 5. The van der Waals surface area contributed by atoms with Crippen LogP contribution in [-0.4, -0.2) is 23.6 Å². The first-order valence-corrected chi connectivity index (χ1v) is 5.62. The molecule has 0 fully saturated rings. The SMILES string of the molecule is COc1cc(NCCc2ccc(F)cc2)ncn1. The van der Waals surface area contributed by atoms with Crippen molar-refractivity contribution in [2.45, 2.75) is 6.42 Å². The normalized spacial score (nSPS) is 10.1. The van der Waals surface area contributed by atoms with Gasteiger partial charge in [-0.05, 0) is 24.1 Å². The van der Waals surface area contributed by atoms with Crippen molar-refractivity contribution in [3.8, 4) is 5.88 Å². The molecule has 2 aromatic rings. The molecule has 0 aliphatic carbocycles. The summed E-state index contributed by atoms with van der Waals surface area (Å²) in [7, 11) is 1.56. The van der Waals surface area contributed by atoms with E-state index in [1.165, 1.54) is 18.5 Å². The second-order valence-electron chi connectivity index (χ2n) is 3.75. The average molecular weight is 247 g/mol. The highest BCUT2D eigenvalue weighted by molar-refractivity contribution is 5.37. The van der Waals surface area contributed by atoms with E-state index >= 15 is 0 Å². The first-order valence-electron chi connectivity index (χ1n) is 5.62. The van der Waals surface area contributed by atoms with Gasteiger partial charge in [0.25, 0.3) is 0 Å². The Labute approximate surface area is 105 Å². The van der Waals surface area contributed by atoms with Crippen LogP contribution in [0.15, 0.2) is 36.7 Å². The topological polar surface area (TPSA) is 47.0 Å². The van der Waals surface area contributed by atoms with Gasteiger partial charge in [-0.25, -0.2) is 14.4 Å². The summed E-state index contributed by atoms with van der Waals surface area (Å²) in [5.74, 6) is 1.02. The fraction of sp³-hybridized carbons (Fsp3) is 0.231. The van der Waals surface area contributed by atoms with E-state index in [4.69, 9.17) is 4.74 Å². The van der Waals surface area contributed by atoms with Crippen molar-refractivity contribution in [2.75, 3.05) is 19.0 Å². The van der Waals surface area contributed by atoms with Crippen LogP contribution >= 0.6 is 0 Å². The van der Waals surface area contributed by atoms with Gasteiger partial charge in [0.1, 0.15) is 18.0 Å². The summed E-state index contributed by atoms with van der Waals surface area (Å²) in [6.45, 7) is 0.714. The van der Waals surface area contributed by atoms with Crippen LogP contribution in [0.2, 0.25) is 0 Å². The number of nitrogens with one attached hydrogen (secondary N) is 1. The van der Waals surface area contributed by atoms with E-state index in [9.17, 15) is 4.39 Å². The highest BCUT2D eigenvalue weighted by atomic mass is 19.1.